The topological polar surface area (TPSA) is 67.0 Å². The van der Waals surface area contributed by atoms with Crippen molar-refractivity contribution in [2.45, 2.75) is 39.2 Å². The molecule has 0 atom stereocenters. The van der Waals surface area contributed by atoms with E-state index in [-0.39, 0.29) is 11.4 Å². The summed E-state index contributed by atoms with van der Waals surface area (Å²) in [5.74, 6) is -0.0576. The molecule has 1 aromatic carbocycles. The zero-order valence-electron chi connectivity index (χ0n) is 13.2. The first-order valence-electron chi connectivity index (χ1n) is 7.93. The molecule has 0 amide bonds. The van der Waals surface area contributed by atoms with Crippen molar-refractivity contribution in [3.8, 4) is 0 Å². The van der Waals surface area contributed by atoms with E-state index in [4.69, 9.17) is 4.74 Å². The van der Waals surface area contributed by atoms with Crippen molar-refractivity contribution >= 4 is 16.9 Å². The second-order valence-corrected chi connectivity index (χ2v) is 6.38. The minimum atomic E-state index is -0.289. The van der Waals surface area contributed by atoms with Crippen LogP contribution in [-0.4, -0.2) is 35.4 Å². The smallest absolute Gasteiger partial charge is 0.311 e. The fourth-order valence-electron chi connectivity index (χ4n) is 3.20. The van der Waals surface area contributed by atoms with Gasteiger partial charge < -0.3 is 10.1 Å². The molecule has 2 N–H and O–H groups in total. The number of aromatic nitrogens is 2. The number of hydrogen-bond acceptors (Lipinski definition) is 4. The Labute approximate surface area is 130 Å². The number of nitrogens with one attached hydrogen (secondary N) is 2. The molecule has 5 heteroatoms. The van der Waals surface area contributed by atoms with Crippen molar-refractivity contribution in [2.24, 2.45) is 5.41 Å². The number of esters is 1. The maximum absolute atomic E-state index is 11.8. The van der Waals surface area contributed by atoms with Crippen LogP contribution >= 0.6 is 0 Å². The van der Waals surface area contributed by atoms with Crippen molar-refractivity contribution in [1.29, 1.82) is 0 Å². The van der Waals surface area contributed by atoms with Crippen molar-refractivity contribution < 1.29 is 9.53 Å². The zero-order chi connectivity index (χ0) is 15.6. The number of carbonyl (C=O) groups is 1. The summed E-state index contributed by atoms with van der Waals surface area (Å²) in [7, 11) is 0. The first-order valence-corrected chi connectivity index (χ1v) is 7.93. The summed E-state index contributed by atoms with van der Waals surface area (Å²) in [6.45, 7) is 5.23. The second kappa shape index (κ2) is 6.08. The van der Waals surface area contributed by atoms with Crippen molar-refractivity contribution in [2.75, 3.05) is 13.2 Å². The number of aromatic amines is 1. The van der Waals surface area contributed by atoms with Gasteiger partial charge in [-0.15, -0.1) is 0 Å². The Kier molecular flexibility index (Phi) is 4.16. The molecule has 118 valence electrons. The average Bonchev–Trinajstić information content (AvgIpc) is 2.93. The Morgan fingerprint density at radius 1 is 1.50 bits per heavy atom. The third kappa shape index (κ3) is 2.99. The lowest BCUT2D eigenvalue weighted by Crippen LogP contribution is -2.52. The van der Waals surface area contributed by atoms with E-state index in [0.29, 0.717) is 12.6 Å². The van der Waals surface area contributed by atoms with Gasteiger partial charge in [0.1, 0.15) is 0 Å². The molecule has 0 unspecified atom stereocenters. The normalized spacial score (nSPS) is 24.2. The highest BCUT2D eigenvalue weighted by molar-refractivity contribution is 5.78. The molecule has 0 radical (unpaired) electrons. The summed E-state index contributed by atoms with van der Waals surface area (Å²) < 4.78 is 5.13. The molecule has 5 nitrogen and oxygen atoms in total. The van der Waals surface area contributed by atoms with Gasteiger partial charge in [-0.3, -0.25) is 9.89 Å². The van der Waals surface area contributed by atoms with Gasteiger partial charge in [0.25, 0.3) is 0 Å². The second-order valence-electron chi connectivity index (χ2n) is 6.38. The molecule has 1 aromatic heterocycles. The quantitative estimate of drug-likeness (QED) is 0.804. The van der Waals surface area contributed by atoms with Crippen LogP contribution in [0.4, 0.5) is 0 Å². The molecule has 0 spiro atoms. The van der Waals surface area contributed by atoms with E-state index < -0.39 is 0 Å². The van der Waals surface area contributed by atoms with Gasteiger partial charge >= 0.3 is 5.97 Å². The molecule has 1 heterocycles. The SMILES string of the molecule is CCOC(=O)C1(C)CC(NCCc2ccc3cn[nH]c3c2)C1. The Hall–Kier alpha value is -1.88. The molecular weight excluding hydrogens is 278 g/mol. The highest BCUT2D eigenvalue weighted by Gasteiger charge is 2.46. The van der Waals surface area contributed by atoms with Crippen molar-refractivity contribution in [3.63, 3.8) is 0 Å². The number of fused-ring (bicyclic) bond motifs is 1. The van der Waals surface area contributed by atoms with Crippen LogP contribution in [0.25, 0.3) is 10.9 Å². The standard InChI is InChI=1S/C17H23N3O2/c1-3-22-16(21)17(2)9-14(10-17)18-7-6-12-4-5-13-11-19-20-15(13)8-12/h4-5,8,11,14,18H,3,6-7,9-10H2,1-2H3,(H,19,20). The van der Waals surface area contributed by atoms with E-state index in [1.54, 1.807) is 0 Å². The molecule has 0 saturated heterocycles. The summed E-state index contributed by atoms with van der Waals surface area (Å²) in [6, 6.07) is 6.80. The number of hydrogen-bond donors (Lipinski definition) is 2. The minimum Gasteiger partial charge on any atom is -0.466 e. The molecule has 1 aliphatic rings. The van der Waals surface area contributed by atoms with Crippen LogP contribution in [0, 0.1) is 5.41 Å². The average molecular weight is 301 g/mol. The number of H-pyrrole nitrogens is 1. The zero-order valence-corrected chi connectivity index (χ0v) is 13.2. The summed E-state index contributed by atoms with van der Waals surface area (Å²) in [5.41, 5.74) is 2.08. The van der Waals surface area contributed by atoms with Crippen molar-refractivity contribution in [1.82, 2.24) is 15.5 Å². The lowest BCUT2D eigenvalue weighted by Gasteiger charge is -2.43. The number of carbonyl (C=O) groups excluding carboxylic acids is 1. The fourth-order valence-corrected chi connectivity index (χ4v) is 3.20. The van der Waals surface area contributed by atoms with E-state index in [2.05, 4.69) is 33.7 Å². The van der Waals surface area contributed by atoms with Gasteiger partial charge in [-0.25, -0.2) is 0 Å². The number of ether oxygens (including phenoxy) is 1. The summed E-state index contributed by atoms with van der Waals surface area (Å²) in [6.07, 6.45) is 4.54. The molecule has 2 aromatic rings. The van der Waals surface area contributed by atoms with Crippen molar-refractivity contribution in [3.05, 3.63) is 30.0 Å². The molecular formula is C17H23N3O2. The van der Waals surface area contributed by atoms with Gasteiger partial charge in [0.2, 0.25) is 0 Å². The van der Waals surface area contributed by atoms with E-state index in [1.807, 2.05) is 20.0 Å². The maximum atomic E-state index is 11.8. The number of nitrogens with zero attached hydrogens (tertiary/aromatic N) is 1. The first kappa shape index (κ1) is 15.0. The lowest BCUT2D eigenvalue weighted by atomic mass is 9.67. The highest BCUT2D eigenvalue weighted by atomic mass is 16.5. The molecule has 1 aliphatic carbocycles. The third-order valence-corrected chi connectivity index (χ3v) is 4.52. The number of rotatable bonds is 6. The van der Waals surface area contributed by atoms with Crippen LogP contribution in [0.15, 0.2) is 24.4 Å². The molecule has 3 rings (SSSR count). The first-order chi connectivity index (χ1) is 10.6. The molecule has 22 heavy (non-hydrogen) atoms. The predicted molar refractivity (Wildman–Crippen MR) is 85.6 cm³/mol. The summed E-state index contributed by atoms with van der Waals surface area (Å²) in [5, 5.41) is 11.7. The maximum Gasteiger partial charge on any atom is 0.311 e. The van der Waals surface area contributed by atoms with Crippen LogP contribution in [0.5, 0.6) is 0 Å². The van der Waals surface area contributed by atoms with Gasteiger partial charge in [-0.2, -0.15) is 5.10 Å². The van der Waals surface area contributed by atoms with E-state index in [1.165, 1.54) is 5.56 Å². The van der Waals surface area contributed by atoms with Gasteiger partial charge in [-0.1, -0.05) is 12.1 Å². The van der Waals surface area contributed by atoms with Crippen LogP contribution in [-0.2, 0) is 16.0 Å². The Morgan fingerprint density at radius 2 is 2.32 bits per heavy atom. The molecule has 0 bridgehead atoms. The van der Waals surface area contributed by atoms with Crippen LogP contribution in [0.2, 0.25) is 0 Å². The number of benzene rings is 1. The Bertz CT molecular complexity index is 659. The Morgan fingerprint density at radius 3 is 3.09 bits per heavy atom. The molecule has 1 saturated carbocycles. The van der Waals surface area contributed by atoms with Gasteiger partial charge in [-0.05, 0) is 51.3 Å². The van der Waals surface area contributed by atoms with E-state index >= 15 is 0 Å². The summed E-state index contributed by atoms with van der Waals surface area (Å²) >= 11 is 0. The minimum absolute atomic E-state index is 0.0576. The molecule has 1 fully saturated rings. The Balaban J connectivity index is 1.44. The largest absolute Gasteiger partial charge is 0.466 e. The monoisotopic (exact) mass is 301 g/mol. The summed E-state index contributed by atoms with van der Waals surface area (Å²) in [4.78, 5) is 11.8. The van der Waals surface area contributed by atoms with Crippen LogP contribution in [0.3, 0.4) is 0 Å². The van der Waals surface area contributed by atoms with Gasteiger partial charge in [0.15, 0.2) is 0 Å². The van der Waals surface area contributed by atoms with E-state index in [0.717, 1.165) is 36.7 Å². The van der Waals surface area contributed by atoms with Crippen LogP contribution in [0.1, 0.15) is 32.3 Å². The van der Waals surface area contributed by atoms with Crippen LogP contribution < -0.4 is 5.32 Å². The predicted octanol–water partition coefficient (Wildman–Crippen LogP) is 2.43. The lowest BCUT2D eigenvalue weighted by molar-refractivity contribution is -0.161. The highest BCUT2D eigenvalue weighted by Crippen LogP contribution is 2.41. The van der Waals surface area contributed by atoms with Gasteiger partial charge in [0.05, 0.1) is 23.7 Å². The third-order valence-electron chi connectivity index (χ3n) is 4.52. The molecule has 0 aliphatic heterocycles. The van der Waals surface area contributed by atoms with E-state index in [9.17, 15) is 4.79 Å². The fraction of sp³-hybridized carbons (Fsp3) is 0.529. The van der Waals surface area contributed by atoms with Gasteiger partial charge in [0, 0.05) is 11.4 Å².